The molecule has 2 nitrogen and oxygen atoms in total. The summed E-state index contributed by atoms with van der Waals surface area (Å²) in [6, 6.07) is 7.28. The molecule has 0 atom stereocenters. The fourth-order valence-corrected chi connectivity index (χ4v) is 1.57. The lowest BCUT2D eigenvalue weighted by Gasteiger charge is -2.05. The number of benzene rings is 2. The molecule has 0 radical (unpaired) electrons. The molecule has 0 bridgehead atoms. The lowest BCUT2D eigenvalue weighted by molar-refractivity contribution is 0.458. The minimum atomic E-state index is -1.52. The van der Waals surface area contributed by atoms with Gasteiger partial charge in [0.25, 0.3) is 0 Å². The first kappa shape index (κ1) is 14.0. The van der Waals surface area contributed by atoms with E-state index in [1.807, 2.05) is 24.5 Å². The third-order valence-electron chi connectivity index (χ3n) is 2.68. The number of aryl methyl sites for hydroxylation is 1. The summed E-state index contributed by atoms with van der Waals surface area (Å²) in [5.41, 5.74) is 2.61. The van der Waals surface area contributed by atoms with Crippen LogP contribution >= 0.6 is 0 Å². The van der Waals surface area contributed by atoms with Crippen LogP contribution in [0.3, 0.4) is 0 Å². The van der Waals surface area contributed by atoms with Gasteiger partial charge >= 0.3 is 0 Å². The molecule has 0 aliphatic carbocycles. The van der Waals surface area contributed by atoms with Crippen LogP contribution in [0.4, 0.5) is 23.2 Å². The Hall–Kier alpha value is -2.37. The first-order valence-corrected chi connectivity index (χ1v) is 5.68. The molecular weight excluding hydrogens is 272 g/mol. The van der Waals surface area contributed by atoms with Crippen molar-refractivity contribution in [2.45, 2.75) is 6.92 Å². The number of nitrogens with one attached hydrogen (secondary N) is 1. The van der Waals surface area contributed by atoms with E-state index in [1.54, 1.807) is 12.1 Å². The van der Waals surface area contributed by atoms with Crippen LogP contribution in [0.1, 0.15) is 11.1 Å². The second-order valence-corrected chi connectivity index (χ2v) is 4.07. The standard InChI is InChI=1S/C14H10F4N2/c1-8-4-2-3-5-9(8)7-19-20-14-12(17)10(15)6-11(16)13(14)18/h2-7,20H,1H3/b19-7+. The minimum Gasteiger partial charge on any atom is -0.272 e. The van der Waals surface area contributed by atoms with Crippen LogP contribution in [-0.2, 0) is 0 Å². The maximum absolute atomic E-state index is 13.3. The molecule has 2 aromatic rings. The SMILES string of the molecule is Cc1ccccc1/C=N/Nc1c(F)c(F)cc(F)c1F. The quantitative estimate of drug-likeness (QED) is 0.391. The summed E-state index contributed by atoms with van der Waals surface area (Å²) in [6.45, 7) is 1.82. The van der Waals surface area contributed by atoms with E-state index in [0.717, 1.165) is 5.56 Å². The van der Waals surface area contributed by atoms with Gasteiger partial charge in [-0.05, 0) is 18.1 Å². The zero-order valence-corrected chi connectivity index (χ0v) is 10.4. The lowest BCUT2D eigenvalue weighted by atomic mass is 10.1. The van der Waals surface area contributed by atoms with Crippen molar-refractivity contribution in [1.29, 1.82) is 0 Å². The summed E-state index contributed by atoms with van der Waals surface area (Å²) in [4.78, 5) is 0. The monoisotopic (exact) mass is 282 g/mol. The van der Waals surface area contributed by atoms with Crippen molar-refractivity contribution >= 4 is 11.9 Å². The first-order chi connectivity index (χ1) is 9.50. The summed E-state index contributed by atoms with van der Waals surface area (Å²) >= 11 is 0. The van der Waals surface area contributed by atoms with Gasteiger partial charge in [-0.2, -0.15) is 5.10 Å². The molecule has 0 fully saturated rings. The number of hydrogen-bond acceptors (Lipinski definition) is 2. The highest BCUT2D eigenvalue weighted by Gasteiger charge is 2.18. The second-order valence-electron chi connectivity index (χ2n) is 4.07. The first-order valence-electron chi connectivity index (χ1n) is 5.68. The van der Waals surface area contributed by atoms with E-state index in [4.69, 9.17) is 0 Å². The molecule has 2 aromatic carbocycles. The normalized spacial score (nSPS) is 11.1. The largest absolute Gasteiger partial charge is 0.272 e. The predicted molar refractivity (Wildman–Crippen MR) is 68.7 cm³/mol. The number of rotatable bonds is 3. The van der Waals surface area contributed by atoms with E-state index in [0.29, 0.717) is 5.56 Å². The van der Waals surface area contributed by atoms with E-state index in [-0.39, 0.29) is 6.07 Å². The Morgan fingerprint density at radius 1 is 1.00 bits per heavy atom. The van der Waals surface area contributed by atoms with Gasteiger partial charge in [-0.25, -0.2) is 17.6 Å². The Kier molecular flexibility index (Phi) is 4.02. The third kappa shape index (κ3) is 2.79. The highest BCUT2D eigenvalue weighted by Crippen LogP contribution is 2.24. The fraction of sp³-hybridized carbons (Fsp3) is 0.0714. The average molecular weight is 282 g/mol. The Bertz CT molecular complexity index is 642. The molecule has 0 saturated carbocycles. The summed E-state index contributed by atoms with van der Waals surface area (Å²) in [5.74, 6) is -6.02. The third-order valence-corrected chi connectivity index (χ3v) is 2.68. The Balaban J connectivity index is 2.26. The van der Waals surface area contributed by atoms with Gasteiger partial charge in [-0.15, -0.1) is 0 Å². The average Bonchev–Trinajstić information content (AvgIpc) is 2.42. The zero-order chi connectivity index (χ0) is 14.7. The maximum atomic E-state index is 13.3. The molecule has 0 heterocycles. The van der Waals surface area contributed by atoms with E-state index in [9.17, 15) is 17.6 Å². The summed E-state index contributed by atoms with van der Waals surface area (Å²) in [5, 5.41) is 3.59. The van der Waals surface area contributed by atoms with Gasteiger partial charge in [0.2, 0.25) is 0 Å². The van der Waals surface area contributed by atoms with Gasteiger partial charge in [0.15, 0.2) is 23.3 Å². The molecule has 0 saturated heterocycles. The summed E-state index contributed by atoms with van der Waals surface area (Å²) in [6.07, 6.45) is 1.30. The number of hydrazone groups is 1. The Labute approximate surface area is 112 Å². The van der Waals surface area contributed by atoms with Crippen LogP contribution in [0.5, 0.6) is 0 Å². The number of anilines is 1. The molecule has 2 rings (SSSR count). The molecule has 0 amide bonds. The van der Waals surface area contributed by atoms with Crippen molar-refractivity contribution < 1.29 is 17.6 Å². The summed E-state index contributed by atoms with van der Waals surface area (Å²) in [7, 11) is 0. The van der Waals surface area contributed by atoms with Gasteiger partial charge in [0, 0.05) is 6.07 Å². The smallest absolute Gasteiger partial charge is 0.186 e. The van der Waals surface area contributed by atoms with Gasteiger partial charge in [0.05, 0.1) is 6.21 Å². The zero-order valence-electron chi connectivity index (χ0n) is 10.4. The number of halogens is 4. The van der Waals surface area contributed by atoms with E-state index in [2.05, 4.69) is 5.10 Å². The van der Waals surface area contributed by atoms with Crippen LogP contribution in [0.2, 0.25) is 0 Å². The molecule has 0 aliphatic rings. The summed E-state index contributed by atoms with van der Waals surface area (Å²) < 4.78 is 52.6. The maximum Gasteiger partial charge on any atom is 0.186 e. The molecule has 104 valence electrons. The van der Waals surface area contributed by atoms with Crippen LogP contribution in [0, 0.1) is 30.2 Å². The predicted octanol–water partition coefficient (Wildman–Crippen LogP) is 4.00. The van der Waals surface area contributed by atoms with Crippen LogP contribution in [-0.4, -0.2) is 6.21 Å². The van der Waals surface area contributed by atoms with Crippen molar-refractivity contribution in [1.82, 2.24) is 0 Å². The van der Waals surface area contributed by atoms with Gasteiger partial charge in [-0.1, -0.05) is 24.3 Å². The fourth-order valence-electron chi connectivity index (χ4n) is 1.57. The minimum absolute atomic E-state index is 0.140. The Morgan fingerprint density at radius 3 is 2.20 bits per heavy atom. The highest BCUT2D eigenvalue weighted by molar-refractivity contribution is 5.82. The highest BCUT2D eigenvalue weighted by atomic mass is 19.2. The van der Waals surface area contributed by atoms with Gasteiger partial charge in [-0.3, -0.25) is 5.43 Å². The van der Waals surface area contributed by atoms with Gasteiger partial charge < -0.3 is 0 Å². The van der Waals surface area contributed by atoms with Crippen molar-refractivity contribution in [2.75, 3.05) is 5.43 Å². The van der Waals surface area contributed by atoms with E-state index < -0.39 is 29.0 Å². The second kappa shape index (κ2) is 5.73. The van der Waals surface area contributed by atoms with E-state index >= 15 is 0 Å². The number of hydrogen-bond donors (Lipinski definition) is 1. The Morgan fingerprint density at radius 2 is 1.60 bits per heavy atom. The van der Waals surface area contributed by atoms with Crippen molar-refractivity contribution in [2.24, 2.45) is 5.10 Å². The molecule has 0 aromatic heterocycles. The molecule has 20 heavy (non-hydrogen) atoms. The molecule has 0 aliphatic heterocycles. The van der Waals surface area contributed by atoms with Crippen molar-refractivity contribution in [3.63, 3.8) is 0 Å². The van der Waals surface area contributed by atoms with Crippen LogP contribution < -0.4 is 5.43 Å². The molecular formula is C14H10F4N2. The van der Waals surface area contributed by atoms with Gasteiger partial charge in [0.1, 0.15) is 5.69 Å². The number of nitrogens with zero attached hydrogens (tertiary/aromatic N) is 1. The molecule has 0 unspecified atom stereocenters. The van der Waals surface area contributed by atoms with Crippen LogP contribution in [0.15, 0.2) is 35.4 Å². The molecule has 6 heteroatoms. The van der Waals surface area contributed by atoms with Crippen molar-refractivity contribution in [3.05, 3.63) is 64.7 Å². The molecule has 0 spiro atoms. The topological polar surface area (TPSA) is 24.4 Å². The molecule has 1 N–H and O–H groups in total. The van der Waals surface area contributed by atoms with Crippen molar-refractivity contribution in [3.8, 4) is 0 Å². The van der Waals surface area contributed by atoms with E-state index in [1.165, 1.54) is 6.21 Å². The van der Waals surface area contributed by atoms with Crippen LogP contribution in [0.25, 0.3) is 0 Å². The lowest BCUT2D eigenvalue weighted by Crippen LogP contribution is -2.03.